The van der Waals surface area contributed by atoms with Gasteiger partial charge in [0, 0.05) is 48.2 Å². The van der Waals surface area contributed by atoms with Crippen molar-refractivity contribution >= 4 is 22.4 Å². The van der Waals surface area contributed by atoms with Crippen LogP contribution in [-0.2, 0) is 0 Å². The summed E-state index contributed by atoms with van der Waals surface area (Å²) in [5.74, 6) is 1.11. The molecule has 0 atom stereocenters. The van der Waals surface area contributed by atoms with E-state index in [0.717, 1.165) is 51.3 Å². The Morgan fingerprint density at radius 2 is 1.71 bits per heavy atom. The highest BCUT2D eigenvalue weighted by Crippen LogP contribution is 2.46. The van der Waals surface area contributed by atoms with Gasteiger partial charge in [-0.25, -0.2) is 9.97 Å². The number of nitrogens with zero attached hydrogens (tertiary/aromatic N) is 5. The van der Waals surface area contributed by atoms with Crippen LogP contribution in [0.25, 0.3) is 38.9 Å². The number of benzene rings is 1. The summed E-state index contributed by atoms with van der Waals surface area (Å²) >= 11 is 0. The molecule has 7 rings (SSSR count). The summed E-state index contributed by atoms with van der Waals surface area (Å²) in [7, 11) is 0. The van der Waals surface area contributed by atoms with Gasteiger partial charge in [-0.3, -0.25) is 9.38 Å². The molecule has 1 spiro atoms. The van der Waals surface area contributed by atoms with Gasteiger partial charge >= 0.3 is 0 Å². The number of imidazole rings is 1. The molecule has 34 heavy (non-hydrogen) atoms. The fourth-order valence-corrected chi connectivity index (χ4v) is 6.09. The van der Waals surface area contributed by atoms with E-state index in [9.17, 15) is 0 Å². The van der Waals surface area contributed by atoms with Gasteiger partial charge in [0.25, 0.3) is 0 Å². The van der Waals surface area contributed by atoms with Gasteiger partial charge in [-0.1, -0.05) is 31.0 Å². The van der Waals surface area contributed by atoms with Crippen molar-refractivity contribution in [2.45, 2.75) is 32.1 Å². The van der Waals surface area contributed by atoms with Gasteiger partial charge in [-0.15, -0.1) is 0 Å². The number of fused-ring (bicyclic) bond motifs is 2. The Hall–Kier alpha value is -3.73. The Bertz CT molecular complexity index is 1490. The van der Waals surface area contributed by atoms with Crippen molar-refractivity contribution in [3.8, 4) is 22.4 Å². The predicted molar refractivity (Wildman–Crippen MR) is 137 cm³/mol. The van der Waals surface area contributed by atoms with E-state index >= 15 is 0 Å². The van der Waals surface area contributed by atoms with E-state index < -0.39 is 0 Å². The molecule has 168 valence electrons. The minimum absolute atomic E-state index is 0.559. The van der Waals surface area contributed by atoms with E-state index in [2.05, 4.69) is 62.9 Å². The summed E-state index contributed by atoms with van der Waals surface area (Å²) in [5.41, 5.74) is 6.96. The second-order valence-corrected chi connectivity index (χ2v) is 9.95. The van der Waals surface area contributed by atoms with Crippen LogP contribution in [0.5, 0.6) is 0 Å². The lowest BCUT2D eigenvalue weighted by atomic mass is 9.86. The molecule has 1 aliphatic heterocycles. The third kappa shape index (κ3) is 3.18. The predicted octanol–water partition coefficient (Wildman–Crippen LogP) is 6.38. The Morgan fingerprint density at radius 1 is 0.794 bits per heavy atom. The molecule has 0 unspecified atom stereocenters. The monoisotopic (exact) mass is 445 g/mol. The third-order valence-electron chi connectivity index (χ3n) is 7.95. The van der Waals surface area contributed by atoms with E-state index in [0.29, 0.717) is 5.41 Å². The number of hydrogen-bond donors (Lipinski definition) is 0. The fraction of sp³-hybridized carbons (Fsp3) is 0.276. The van der Waals surface area contributed by atoms with Gasteiger partial charge < -0.3 is 4.90 Å². The van der Waals surface area contributed by atoms with Crippen LogP contribution in [0.4, 0.5) is 5.82 Å². The topological polar surface area (TPSA) is 46.3 Å². The molecule has 5 aromatic rings. The van der Waals surface area contributed by atoms with Gasteiger partial charge in [0.05, 0.1) is 17.4 Å². The first kappa shape index (κ1) is 19.7. The summed E-state index contributed by atoms with van der Waals surface area (Å²) < 4.78 is 2.15. The highest BCUT2D eigenvalue weighted by Gasteiger charge is 2.40. The summed E-state index contributed by atoms with van der Waals surface area (Å²) in [6.45, 7) is 2.31. The summed E-state index contributed by atoms with van der Waals surface area (Å²) in [4.78, 5) is 16.6. The smallest absolute Gasteiger partial charge is 0.137 e. The zero-order valence-corrected chi connectivity index (χ0v) is 19.2. The Kier molecular flexibility index (Phi) is 4.44. The molecule has 5 nitrogen and oxygen atoms in total. The van der Waals surface area contributed by atoms with Gasteiger partial charge in [0.15, 0.2) is 0 Å². The molecule has 1 aliphatic carbocycles. The lowest BCUT2D eigenvalue weighted by Crippen LogP contribution is -2.25. The van der Waals surface area contributed by atoms with Gasteiger partial charge in [0.1, 0.15) is 11.5 Å². The van der Waals surface area contributed by atoms with Crippen LogP contribution >= 0.6 is 0 Å². The van der Waals surface area contributed by atoms with Crippen LogP contribution in [-0.4, -0.2) is 32.4 Å². The molecule has 1 saturated carbocycles. The van der Waals surface area contributed by atoms with Crippen LogP contribution < -0.4 is 4.90 Å². The molecule has 5 heterocycles. The zero-order chi connectivity index (χ0) is 22.5. The van der Waals surface area contributed by atoms with Crippen LogP contribution in [0.1, 0.15) is 32.1 Å². The molecule has 2 fully saturated rings. The molecule has 2 aliphatic rings. The molecule has 1 saturated heterocycles. The van der Waals surface area contributed by atoms with E-state index in [-0.39, 0.29) is 0 Å². The average molecular weight is 446 g/mol. The van der Waals surface area contributed by atoms with Crippen LogP contribution in [0.2, 0.25) is 0 Å². The van der Waals surface area contributed by atoms with Gasteiger partial charge in [-0.05, 0) is 66.6 Å². The Balaban J connectivity index is 1.19. The molecular formula is C29H27N5. The first-order valence-electron chi connectivity index (χ1n) is 12.3. The SMILES string of the molecule is c1ccc2c(-c3cnc4cc(-c5ccc(N6CCC7(CCCC7)C6)nc5)ccn34)ccnc2c1. The lowest BCUT2D eigenvalue weighted by molar-refractivity contribution is 0.340. The summed E-state index contributed by atoms with van der Waals surface area (Å²) in [5, 5.41) is 1.14. The highest BCUT2D eigenvalue weighted by molar-refractivity contribution is 5.93. The lowest BCUT2D eigenvalue weighted by Gasteiger charge is -2.24. The van der Waals surface area contributed by atoms with Crippen molar-refractivity contribution in [3.05, 3.63) is 79.4 Å². The second-order valence-electron chi connectivity index (χ2n) is 9.95. The van der Waals surface area contributed by atoms with Crippen molar-refractivity contribution in [2.24, 2.45) is 5.41 Å². The van der Waals surface area contributed by atoms with Crippen molar-refractivity contribution < 1.29 is 0 Å². The Labute approximate surface area is 199 Å². The minimum Gasteiger partial charge on any atom is -0.356 e. The first-order valence-corrected chi connectivity index (χ1v) is 12.3. The average Bonchev–Trinajstić information content (AvgIpc) is 3.64. The van der Waals surface area contributed by atoms with E-state index in [1.807, 2.05) is 30.7 Å². The summed E-state index contributed by atoms with van der Waals surface area (Å²) in [6, 6.07) is 19.0. The van der Waals surface area contributed by atoms with Crippen LogP contribution in [0.3, 0.4) is 0 Å². The second kappa shape index (κ2) is 7.66. The first-order chi connectivity index (χ1) is 16.8. The molecule has 5 heteroatoms. The molecular weight excluding hydrogens is 418 g/mol. The number of rotatable bonds is 3. The van der Waals surface area contributed by atoms with E-state index in [4.69, 9.17) is 9.97 Å². The maximum Gasteiger partial charge on any atom is 0.137 e. The summed E-state index contributed by atoms with van der Waals surface area (Å²) in [6.07, 6.45) is 14.9. The molecule has 0 amide bonds. The fourth-order valence-electron chi connectivity index (χ4n) is 6.09. The molecule has 0 N–H and O–H groups in total. The number of aromatic nitrogens is 4. The van der Waals surface area contributed by atoms with Crippen LogP contribution in [0.15, 0.2) is 79.4 Å². The zero-order valence-electron chi connectivity index (χ0n) is 19.2. The number of pyridine rings is 3. The number of para-hydroxylation sites is 1. The number of anilines is 1. The Morgan fingerprint density at radius 3 is 2.59 bits per heavy atom. The molecule has 1 aromatic carbocycles. The highest BCUT2D eigenvalue weighted by atomic mass is 15.2. The standard InChI is InChI=1S/C29H27N5/c1-2-6-25-23(5-1)24(9-14-30-25)26-19-32-28-17-21(10-15-34(26)28)22-7-8-27(31-18-22)33-16-13-29(20-33)11-3-4-12-29/h1-2,5-10,14-15,17-19H,3-4,11-13,16,20H2. The number of hydrogen-bond acceptors (Lipinski definition) is 4. The molecule has 0 bridgehead atoms. The maximum absolute atomic E-state index is 4.85. The largest absolute Gasteiger partial charge is 0.356 e. The maximum atomic E-state index is 4.85. The van der Waals surface area contributed by atoms with E-state index in [1.54, 1.807) is 0 Å². The molecule has 4 aromatic heterocycles. The normalized spacial score (nSPS) is 17.4. The van der Waals surface area contributed by atoms with Crippen molar-refractivity contribution in [2.75, 3.05) is 18.0 Å². The van der Waals surface area contributed by atoms with Crippen molar-refractivity contribution in [1.82, 2.24) is 19.4 Å². The van der Waals surface area contributed by atoms with Crippen LogP contribution in [0, 0.1) is 5.41 Å². The van der Waals surface area contributed by atoms with Gasteiger partial charge in [-0.2, -0.15) is 0 Å². The van der Waals surface area contributed by atoms with Crippen molar-refractivity contribution in [3.63, 3.8) is 0 Å². The molecule has 0 radical (unpaired) electrons. The third-order valence-corrected chi connectivity index (χ3v) is 7.95. The van der Waals surface area contributed by atoms with Crippen molar-refractivity contribution in [1.29, 1.82) is 0 Å². The minimum atomic E-state index is 0.559. The van der Waals surface area contributed by atoms with Gasteiger partial charge in [0.2, 0.25) is 0 Å². The van der Waals surface area contributed by atoms with E-state index in [1.165, 1.54) is 38.6 Å². The quantitative estimate of drug-likeness (QED) is 0.323.